The number of rotatable bonds is 0. The van der Waals surface area contributed by atoms with Gasteiger partial charge in [0.25, 0.3) is 0 Å². The average Bonchev–Trinajstić information content (AvgIpc) is 2.13. The van der Waals surface area contributed by atoms with Gasteiger partial charge in [0, 0.05) is 0 Å². The molecule has 1 aliphatic carbocycles. The summed E-state index contributed by atoms with van der Waals surface area (Å²) in [4.78, 5) is 0. The minimum absolute atomic E-state index is 1.00. The van der Waals surface area contributed by atoms with Gasteiger partial charge in [-0.05, 0) is 5.92 Å². The molecular weight excluding hydrogens is 183 g/mol. The van der Waals surface area contributed by atoms with Crippen LogP contribution in [0.1, 0.15) is 32.6 Å². The Balaban J connectivity index is 0. The van der Waals surface area contributed by atoms with Gasteiger partial charge in [0.2, 0.25) is 0 Å². The van der Waals surface area contributed by atoms with Crippen LogP contribution in [-0.4, -0.2) is 0 Å². The van der Waals surface area contributed by atoms with Gasteiger partial charge in [-0.1, -0.05) is 19.8 Å². The second-order valence-corrected chi connectivity index (χ2v) is 2.55. The third-order valence-corrected chi connectivity index (χ3v) is 1.73. The van der Waals surface area contributed by atoms with Crippen LogP contribution in [0.15, 0.2) is 6.58 Å². The predicted octanol–water partition coefficient (Wildman–Crippen LogP) is 2.88. The van der Waals surface area contributed by atoms with Crippen molar-refractivity contribution >= 4 is 0 Å². The van der Waals surface area contributed by atoms with Crippen molar-refractivity contribution in [1.29, 1.82) is 0 Å². The Kier molecular flexibility index (Phi) is 15.7. The molecule has 0 aliphatic heterocycles. The molecule has 0 saturated heterocycles. The molecule has 11 heavy (non-hydrogen) atoms. The summed E-state index contributed by atoms with van der Waals surface area (Å²) in [5, 5.41) is 0. The van der Waals surface area contributed by atoms with Gasteiger partial charge in [-0.2, -0.15) is 12.8 Å². The summed E-state index contributed by atoms with van der Waals surface area (Å²) in [6, 6.07) is 0. The van der Waals surface area contributed by atoms with Crippen LogP contribution in [0.25, 0.3) is 0 Å². The Morgan fingerprint density at radius 2 is 1.73 bits per heavy atom. The van der Waals surface area contributed by atoms with E-state index in [9.17, 15) is 0 Å². The fraction of sp³-hybridized carbons (Fsp3) is 0.667. The molecule has 0 atom stereocenters. The second kappa shape index (κ2) is 12.7. The first-order chi connectivity index (χ1) is 5.39. The van der Waals surface area contributed by atoms with Crippen molar-refractivity contribution in [3.8, 4) is 0 Å². The number of hydrogen-bond donors (Lipinski definition) is 0. The van der Waals surface area contributed by atoms with E-state index in [1.54, 1.807) is 0 Å². The van der Waals surface area contributed by atoms with Gasteiger partial charge < -0.3 is 13.0 Å². The van der Waals surface area contributed by atoms with E-state index in [1.165, 1.54) is 25.7 Å². The predicted molar refractivity (Wildman–Crippen MR) is 42.5 cm³/mol. The zero-order chi connectivity index (χ0) is 9.11. The summed E-state index contributed by atoms with van der Waals surface area (Å²) in [6.07, 6.45) is 7.99. The summed E-state index contributed by atoms with van der Waals surface area (Å²) < 4.78 is 7.94. The molecule has 0 heterocycles. The molecule has 69 valence electrons. The van der Waals surface area contributed by atoms with E-state index in [1.807, 2.05) is 0 Å². The van der Waals surface area contributed by atoms with Crippen LogP contribution in [0.4, 0.5) is 0 Å². The molecule has 0 spiro atoms. The molecule has 1 rings (SSSR count). The molecule has 0 aromatic carbocycles. The third kappa shape index (κ3) is 10.0. The third-order valence-electron chi connectivity index (χ3n) is 1.73. The maximum absolute atomic E-state index is 7.94. The Bertz CT molecular complexity index is 68.0. The van der Waals surface area contributed by atoms with Crippen LogP contribution in [0.5, 0.6) is 0 Å². The molecule has 0 radical (unpaired) electrons. The van der Waals surface area contributed by atoms with Gasteiger partial charge in [0.15, 0.2) is 0 Å². The van der Waals surface area contributed by atoms with Crippen LogP contribution in [0.3, 0.4) is 0 Å². The number of hydrogen-bond acceptors (Lipinski definition) is 1. The van der Waals surface area contributed by atoms with Gasteiger partial charge in [0.05, 0.1) is 0 Å². The molecule has 0 aromatic heterocycles. The van der Waals surface area contributed by atoms with Crippen LogP contribution >= 0.6 is 0 Å². The zero-order valence-corrected chi connectivity index (χ0v) is 8.05. The summed E-state index contributed by atoms with van der Waals surface area (Å²) in [6.45, 7) is 9.34. The monoisotopic (exact) mass is 199 g/mol. The molecule has 0 amide bonds. The van der Waals surface area contributed by atoms with Crippen LogP contribution in [-0.2, 0) is 19.5 Å². The Morgan fingerprint density at radius 1 is 1.36 bits per heavy atom. The van der Waals surface area contributed by atoms with E-state index >= 15 is 0 Å². The fourth-order valence-electron chi connectivity index (χ4n) is 1.09. The molecule has 0 unspecified atom stereocenters. The van der Waals surface area contributed by atoms with E-state index < -0.39 is 0 Å². The van der Waals surface area contributed by atoms with Gasteiger partial charge in [0.1, 0.15) is 0 Å². The Hall–Kier alpha value is 0.0465. The summed E-state index contributed by atoms with van der Waals surface area (Å²) in [7, 11) is 0. The molecule has 0 N–H and O–H groups in total. The van der Waals surface area contributed by atoms with Crippen LogP contribution < -0.4 is 0 Å². The SMILES string of the molecule is CC1CC[CH-]CC1.[CH-]=C.[O]=[Co]. The van der Waals surface area contributed by atoms with E-state index in [2.05, 4.69) is 42.2 Å². The molecule has 0 aromatic rings. The molecule has 1 fully saturated rings. The van der Waals surface area contributed by atoms with Crippen molar-refractivity contribution in [3.05, 3.63) is 19.6 Å². The standard InChI is InChI=1S/C7H13.C2H3.Co.O/c1-7-5-3-2-4-6-7;1-2;;/h2,7H,3-6H2,1H3;1H,2H2;;/q2*-1;;. The van der Waals surface area contributed by atoms with Crippen LogP contribution in [0.2, 0.25) is 0 Å². The Labute approximate surface area is 78.0 Å². The van der Waals surface area contributed by atoms with Crippen molar-refractivity contribution < 1.29 is 19.5 Å². The van der Waals surface area contributed by atoms with Crippen LogP contribution in [0, 0.1) is 18.9 Å². The second-order valence-electron chi connectivity index (χ2n) is 2.55. The molecule has 1 saturated carbocycles. The van der Waals surface area contributed by atoms with Gasteiger partial charge in [-0.25, -0.2) is 0 Å². The Morgan fingerprint density at radius 3 is 1.91 bits per heavy atom. The molecule has 0 bridgehead atoms. The molecule has 1 aliphatic rings. The average molecular weight is 199 g/mol. The van der Waals surface area contributed by atoms with Crippen molar-refractivity contribution in [2.75, 3.05) is 0 Å². The van der Waals surface area contributed by atoms with Gasteiger partial charge in [-0.15, -0.1) is 0 Å². The van der Waals surface area contributed by atoms with E-state index in [-0.39, 0.29) is 0 Å². The summed E-state index contributed by atoms with van der Waals surface area (Å²) >= 11 is 2.31. The molecule has 2 heteroatoms. The maximum atomic E-state index is 7.94. The van der Waals surface area contributed by atoms with Crippen molar-refractivity contribution in [2.45, 2.75) is 32.6 Å². The van der Waals surface area contributed by atoms with Crippen molar-refractivity contribution in [3.63, 3.8) is 0 Å². The van der Waals surface area contributed by atoms with Gasteiger partial charge in [-0.3, -0.25) is 6.58 Å². The van der Waals surface area contributed by atoms with Crippen molar-refractivity contribution in [2.24, 2.45) is 5.92 Å². The van der Waals surface area contributed by atoms with E-state index in [0.717, 1.165) is 5.92 Å². The van der Waals surface area contributed by atoms with E-state index in [0.29, 0.717) is 0 Å². The minimum atomic E-state index is 1.00. The first-order valence-corrected chi connectivity index (χ1v) is 4.18. The van der Waals surface area contributed by atoms with E-state index in [4.69, 9.17) is 3.87 Å². The fourth-order valence-corrected chi connectivity index (χ4v) is 1.09. The zero-order valence-electron chi connectivity index (χ0n) is 7.01. The van der Waals surface area contributed by atoms with Crippen molar-refractivity contribution in [1.82, 2.24) is 0 Å². The quantitative estimate of drug-likeness (QED) is 0.548. The van der Waals surface area contributed by atoms with Gasteiger partial charge >= 0.3 is 19.5 Å². The molecular formula is C9H16CoO-2. The summed E-state index contributed by atoms with van der Waals surface area (Å²) in [5.41, 5.74) is 0. The first-order valence-electron chi connectivity index (χ1n) is 3.75. The first kappa shape index (κ1) is 13.6. The molecule has 1 nitrogen and oxygen atoms in total. The topological polar surface area (TPSA) is 17.1 Å². The normalized spacial score (nSPS) is 16.9. The summed E-state index contributed by atoms with van der Waals surface area (Å²) in [5.74, 6) is 1.00.